The van der Waals surface area contributed by atoms with E-state index in [1.54, 1.807) is 0 Å². The standard InChI is InChI=1S/C27H29N3O/c1-3-7-22(8-4-1)21-30-17-15-29(16-18-30)14-13-23-20-28-27-12-11-25(19-26(23)27)31-24-9-5-2-6-10-24/h1-12,19-20,28H,13-18,21H2. The van der Waals surface area contributed by atoms with Gasteiger partial charge in [0.15, 0.2) is 0 Å². The van der Waals surface area contributed by atoms with Crippen molar-refractivity contribution >= 4 is 10.9 Å². The van der Waals surface area contributed by atoms with Gasteiger partial charge in [-0.15, -0.1) is 0 Å². The highest BCUT2D eigenvalue weighted by atomic mass is 16.5. The summed E-state index contributed by atoms with van der Waals surface area (Å²) in [5.74, 6) is 1.75. The molecule has 1 aliphatic rings. The van der Waals surface area contributed by atoms with Crippen LogP contribution >= 0.6 is 0 Å². The molecule has 2 heterocycles. The van der Waals surface area contributed by atoms with Crippen LogP contribution in [0.25, 0.3) is 10.9 Å². The number of nitrogens with one attached hydrogen (secondary N) is 1. The fourth-order valence-electron chi connectivity index (χ4n) is 4.34. The van der Waals surface area contributed by atoms with E-state index in [2.05, 4.69) is 63.4 Å². The maximum atomic E-state index is 6.04. The first-order valence-electron chi connectivity index (χ1n) is 11.1. The Balaban J connectivity index is 1.17. The van der Waals surface area contributed by atoms with Gasteiger partial charge < -0.3 is 14.6 Å². The van der Waals surface area contributed by atoms with Gasteiger partial charge in [0.2, 0.25) is 0 Å². The topological polar surface area (TPSA) is 31.5 Å². The summed E-state index contributed by atoms with van der Waals surface area (Å²) in [4.78, 5) is 8.57. The van der Waals surface area contributed by atoms with Crippen LogP contribution in [0.3, 0.4) is 0 Å². The Morgan fingerprint density at radius 3 is 2.23 bits per heavy atom. The number of piperazine rings is 1. The van der Waals surface area contributed by atoms with Gasteiger partial charge in [0, 0.05) is 56.4 Å². The highest BCUT2D eigenvalue weighted by Crippen LogP contribution is 2.27. The van der Waals surface area contributed by atoms with Gasteiger partial charge in [-0.3, -0.25) is 4.90 Å². The number of hydrogen-bond donors (Lipinski definition) is 1. The minimum Gasteiger partial charge on any atom is -0.457 e. The monoisotopic (exact) mass is 411 g/mol. The first-order valence-corrected chi connectivity index (χ1v) is 11.1. The largest absolute Gasteiger partial charge is 0.457 e. The van der Waals surface area contributed by atoms with Gasteiger partial charge in [-0.2, -0.15) is 0 Å². The smallest absolute Gasteiger partial charge is 0.128 e. The Labute approximate surface area is 184 Å². The average molecular weight is 412 g/mol. The molecule has 1 N–H and O–H groups in total. The zero-order valence-corrected chi connectivity index (χ0v) is 17.8. The highest BCUT2D eigenvalue weighted by molar-refractivity contribution is 5.84. The molecule has 3 aromatic carbocycles. The van der Waals surface area contributed by atoms with Crippen LogP contribution < -0.4 is 4.74 Å². The summed E-state index contributed by atoms with van der Waals surface area (Å²) in [5, 5.41) is 1.26. The van der Waals surface area contributed by atoms with Crippen molar-refractivity contribution in [3.8, 4) is 11.5 Å². The van der Waals surface area contributed by atoms with E-state index in [1.165, 1.54) is 22.0 Å². The fourth-order valence-corrected chi connectivity index (χ4v) is 4.34. The number of ether oxygens (including phenoxy) is 1. The molecule has 158 valence electrons. The lowest BCUT2D eigenvalue weighted by molar-refractivity contribution is 0.128. The van der Waals surface area contributed by atoms with E-state index in [0.717, 1.165) is 57.2 Å². The molecule has 0 radical (unpaired) electrons. The highest BCUT2D eigenvalue weighted by Gasteiger charge is 2.17. The van der Waals surface area contributed by atoms with Crippen LogP contribution in [0.1, 0.15) is 11.1 Å². The lowest BCUT2D eigenvalue weighted by Gasteiger charge is -2.34. The zero-order valence-electron chi connectivity index (χ0n) is 17.8. The minimum atomic E-state index is 0.868. The Morgan fingerprint density at radius 1 is 0.742 bits per heavy atom. The van der Waals surface area contributed by atoms with Crippen molar-refractivity contribution in [3.63, 3.8) is 0 Å². The Bertz CT molecular complexity index is 1100. The van der Waals surface area contributed by atoms with Gasteiger partial charge in [-0.1, -0.05) is 48.5 Å². The number of rotatable bonds is 7. The fraction of sp³-hybridized carbons (Fsp3) is 0.259. The van der Waals surface area contributed by atoms with E-state index < -0.39 is 0 Å². The predicted molar refractivity (Wildman–Crippen MR) is 127 cm³/mol. The van der Waals surface area contributed by atoms with Crippen LogP contribution in [0.2, 0.25) is 0 Å². The molecule has 4 aromatic rings. The summed E-state index contributed by atoms with van der Waals surface area (Å²) in [6, 6.07) is 27.0. The van der Waals surface area contributed by atoms with E-state index >= 15 is 0 Å². The number of nitrogens with zero attached hydrogens (tertiary/aromatic N) is 2. The molecule has 0 unspecified atom stereocenters. The quantitative estimate of drug-likeness (QED) is 0.447. The number of para-hydroxylation sites is 1. The summed E-state index contributed by atoms with van der Waals surface area (Å²) in [7, 11) is 0. The molecule has 0 aliphatic carbocycles. The van der Waals surface area contributed by atoms with Crippen molar-refractivity contribution < 1.29 is 4.74 Å². The second kappa shape index (κ2) is 9.38. The second-order valence-electron chi connectivity index (χ2n) is 8.29. The molecule has 5 rings (SSSR count). The van der Waals surface area contributed by atoms with Crippen molar-refractivity contribution in [3.05, 3.63) is 96.2 Å². The number of hydrogen-bond acceptors (Lipinski definition) is 3. The summed E-state index contributed by atoms with van der Waals surface area (Å²) >= 11 is 0. The van der Waals surface area contributed by atoms with Crippen molar-refractivity contribution in [2.45, 2.75) is 13.0 Å². The summed E-state index contributed by atoms with van der Waals surface area (Å²) in [6.45, 7) is 6.70. The SMILES string of the molecule is c1ccc(CN2CCN(CCc3c[nH]c4ccc(Oc5ccccc5)cc34)CC2)cc1. The maximum Gasteiger partial charge on any atom is 0.128 e. The molecule has 0 spiro atoms. The molecule has 4 nitrogen and oxygen atoms in total. The third-order valence-corrected chi connectivity index (χ3v) is 6.13. The lowest BCUT2D eigenvalue weighted by Crippen LogP contribution is -2.46. The predicted octanol–water partition coefficient (Wildman–Crippen LogP) is 5.32. The van der Waals surface area contributed by atoms with E-state index in [4.69, 9.17) is 4.74 Å². The molecule has 0 bridgehead atoms. The zero-order chi connectivity index (χ0) is 20.9. The maximum absolute atomic E-state index is 6.04. The lowest BCUT2D eigenvalue weighted by atomic mass is 10.1. The van der Waals surface area contributed by atoms with Gasteiger partial charge in [-0.05, 0) is 47.9 Å². The normalized spacial score (nSPS) is 15.4. The average Bonchev–Trinajstić information content (AvgIpc) is 3.22. The first-order chi connectivity index (χ1) is 15.3. The van der Waals surface area contributed by atoms with Gasteiger partial charge in [0.1, 0.15) is 11.5 Å². The molecular formula is C27H29N3O. The van der Waals surface area contributed by atoms with E-state index in [0.29, 0.717) is 0 Å². The minimum absolute atomic E-state index is 0.868. The Morgan fingerprint density at radius 2 is 1.45 bits per heavy atom. The third-order valence-electron chi connectivity index (χ3n) is 6.13. The summed E-state index contributed by atoms with van der Waals surface area (Å²) in [6.07, 6.45) is 3.20. The first kappa shape index (κ1) is 19.9. The van der Waals surface area contributed by atoms with Gasteiger partial charge in [0.05, 0.1) is 0 Å². The molecular weight excluding hydrogens is 382 g/mol. The van der Waals surface area contributed by atoms with Crippen LogP contribution in [0.5, 0.6) is 11.5 Å². The van der Waals surface area contributed by atoms with Crippen LogP contribution in [0, 0.1) is 0 Å². The van der Waals surface area contributed by atoms with Crippen molar-refractivity contribution in [2.24, 2.45) is 0 Å². The number of H-pyrrole nitrogens is 1. The van der Waals surface area contributed by atoms with E-state index in [9.17, 15) is 0 Å². The third kappa shape index (κ3) is 4.98. The van der Waals surface area contributed by atoms with Crippen LogP contribution in [-0.2, 0) is 13.0 Å². The van der Waals surface area contributed by atoms with Crippen molar-refractivity contribution in [2.75, 3.05) is 32.7 Å². The molecule has 1 aromatic heterocycles. The molecule has 4 heteroatoms. The molecule has 31 heavy (non-hydrogen) atoms. The molecule has 0 atom stereocenters. The molecule has 0 saturated carbocycles. The van der Waals surface area contributed by atoms with Crippen LogP contribution in [0.4, 0.5) is 0 Å². The van der Waals surface area contributed by atoms with Gasteiger partial charge in [0.25, 0.3) is 0 Å². The molecule has 0 amide bonds. The second-order valence-corrected chi connectivity index (χ2v) is 8.29. The molecule has 1 fully saturated rings. The molecule has 1 aliphatic heterocycles. The summed E-state index contributed by atoms with van der Waals surface area (Å²) in [5.41, 5.74) is 3.94. The summed E-state index contributed by atoms with van der Waals surface area (Å²) < 4.78 is 6.04. The number of fused-ring (bicyclic) bond motifs is 1. The van der Waals surface area contributed by atoms with E-state index in [1.807, 2.05) is 36.4 Å². The van der Waals surface area contributed by atoms with Gasteiger partial charge >= 0.3 is 0 Å². The number of aromatic nitrogens is 1. The Kier molecular flexibility index (Phi) is 6.01. The van der Waals surface area contributed by atoms with Crippen LogP contribution in [-0.4, -0.2) is 47.5 Å². The molecule has 1 saturated heterocycles. The van der Waals surface area contributed by atoms with Crippen LogP contribution in [0.15, 0.2) is 85.1 Å². The number of aromatic amines is 1. The van der Waals surface area contributed by atoms with Crippen molar-refractivity contribution in [1.82, 2.24) is 14.8 Å². The van der Waals surface area contributed by atoms with Gasteiger partial charge in [-0.25, -0.2) is 0 Å². The number of benzene rings is 3. The van der Waals surface area contributed by atoms with Crippen molar-refractivity contribution in [1.29, 1.82) is 0 Å². The Hall–Kier alpha value is -3.08. The van der Waals surface area contributed by atoms with E-state index in [-0.39, 0.29) is 0 Å².